The first-order valence-electron chi connectivity index (χ1n) is 9.04. The van der Waals surface area contributed by atoms with Crippen LogP contribution in [-0.4, -0.2) is 57.3 Å². The summed E-state index contributed by atoms with van der Waals surface area (Å²) in [5.74, 6) is -0.114. The van der Waals surface area contributed by atoms with Gasteiger partial charge in [-0.25, -0.2) is 8.42 Å². The van der Waals surface area contributed by atoms with Crippen LogP contribution in [0.4, 0.5) is 0 Å². The normalized spacial score (nSPS) is 20.8. The summed E-state index contributed by atoms with van der Waals surface area (Å²) in [5.41, 5.74) is 1.02. The number of carbonyl (C=O) groups is 1. The van der Waals surface area contributed by atoms with E-state index in [4.69, 9.17) is 9.47 Å². The van der Waals surface area contributed by atoms with Gasteiger partial charge in [-0.15, -0.1) is 0 Å². The predicted octanol–water partition coefficient (Wildman–Crippen LogP) is 1.42. The third-order valence-electron chi connectivity index (χ3n) is 4.73. The minimum absolute atomic E-state index is 0.0180. The molecular formula is C18H26N2O5S. The lowest BCUT2D eigenvalue weighted by atomic mass is 10.1. The molecule has 0 aromatic heterocycles. The molecule has 26 heavy (non-hydrogen) atoms. The lowest BCUT2D eigenvalue weighted by molar-refractivity contribution is -0.184. The molecule has 0 radical (unpaired) electrons. The Labute approximate surface area is 154 Å². The van der Waals surface area contributed by atoms with Crippen molar-refractivity contribution in [2.75, 3.05) is 26.3 Å². The second-order valence-corrected chi connectivity index (χ2v) is 8.73. The molecule has 2 heterocycles. The van der Waals surface area contributed by atoms with Gasteiger partial charge in [0.2, 0.25) is 15.9 Å². The maximum absolute atomic E-state index is 12.7. The van der Waals surface area contributed by atoms with Gasteiger partial charge in [-0.1, -0.05) is 17.7 Å². The highest BCUT2D eigenvalue weighted by atomic mass is 32.2. The highest BCUT2D eigenvalue weighted by molar-refractivity contribution is 7.89. The molecule has 1 aromatic rings. The summed E-state index contributed by atoms with van der Waals surface area (Å²) in [5, 5.41) is 2.96. The van der Waals surface area contributed by atoms with Gasteiger partial charge in [0.1, 0.15) is 0 Å². The molecule has 8 heteroatoms. The monoisotopic (exact) mass is 382 g/mol. The van der Waals surface area contributed by atoms with Crippen molar-refractivity contribution < 1.29 is 22.7 Å². The molecule has 0 aliphatic carbocycles. The Hall–Kier alpha value is -1.48. The molecular weight excluding hydrogens is 356 g/mol. The third-order valence-corrected chi connectivity index (χ3v) is 6.64. The van der Waals surface area contributed by atoms with Gasteiger partial charge in [-0.05, 0) is 38.3 Å². The molecule has 0 bridgehead atoms. The second-order valence-electron chi connectivity index (χ2n) is 6.79. The van der Waals surface area contributed by atoms with Crippen LogP contribution >= 0.6 is 0 Å². The first-order valence-corrected chi connectivity index (χ1v) is 10.5. The second kappa shape index (κ2) is 8.47. The quantitative estimate of drug-likeness (QED) is 0.832. The maximum Gasteiger partial charge on any atom is 0.243 e. The van der Waals surface area contributed by atoms with Crippen molar-refractivity contribution in [3.63, 3.8) is 0 Å². The number of rotatable bonds is 5. The van der Waals surface area contributed by atoms with Crippen molar-refractivity contribution in [3.05, 3.63) is 29.8 Å². The number of nitrogens with one attached hydrogen (secondary N) is 1. The smallest absolute Gasteiger partial charge is 0.243 e. The molecule has 2 aliphatic rings. The van der Waals surface area contributed by atoms with Crippen LogP contribution in [0, 0.1) is 6.92 Å². The molecule has 144 valence electrons. The summed E-state index contributed by atoms with van der Waals surface area (Å²) >= 11 is 0. The Balaban J connectivity index is 1.49. The zero-order valence-electron chi connectivity index (χ0n) is 15.0. The number of piperidine rings is 1. The Morgan fingerprint density at radius 2 is 1.77 bits per heavy atom. The van der Waals surface area contributed by atoms with E-state index in [1.165, 1.54) is 4.31 Å². The van der Waals surface area contributed by atoms with E-state index in [-0.39, 0.29) is 18.4 Å². The largest absolute Gasteiger partial charge is 0.353 e. The molecule has 0 spiro atoms. The van der Waals surface area contributed by atoms with Crippen LogP contribution in [0.1, 0.15) is 31.2 Å². The number of carbonyl (C=O) groups excluding carboxylic acids is 1. The Morgan fingerprint density at radius 3 is 2.38 bits per heavy atom. The SMILES string of the molecule is Cc1ccc(S(=O)(=O)N2CCC(NC(=O)CC3OCCCO3)CC2)cc1. The third kappa shape index (κ3) is 4.82. The molecule has 2 saturated heterocycles. The molecule has 1 N–H and O–H groups in total. The van der Waals surface area contributed by atoms with Crippen molar-refractivity contribution in [2.24, 2.45) is 0 Å². The molecule has 7 nitrogen and oxygen atoms in total. The van der Waals surface area contributed by atoms with Crippen molar-refractivity contribution in [1.82, 2.24) is 9.62 Å². The number of hydrogen-bond donors (Lipinski definition) is 1. The highest BCUT2D eigenvalue weighted by Crippen LogP contribution is 2.21. The number of aryl methyl sites for hydroxylation is 1. The predicted molar refractivity (Wildman–Crippen MR) is 96.0 cm³/mol. The van der Waals surface area contributed by atoms with E-state index in [0.29, 0.717) is 44.0 Å². The van der Waals surface area contributed by atoms with Crippen LogP contribution in [0.2, 0.25) is 0 Å². The number of amides is 1. The van der Waals surface area contributed by atoms with Crippen molar-refractivity contribution >= 4 is 15.9 Å². The fraction of sp³-hybridized carbons (Fsp3) is 0.611. The zero-order chi connectivity index (χ0) is 18.6. The average molecular weight is 382 g/mol. The lowest BCUT2D eigenvalue weighted by Crippen LogP contribution is -2.47. The van der Waals surface area contributed by atoms with Crippen molar-refractivity contribution in [1.29, 1.82) is 0 Å². The average Bonchev–Trinajstić information content (AvgIpc) is 2.63. The van der Waals surface area contributed by atoms with E-state index in [9.17, 15) is 13.2 Å². The molecule has 0 saturated carbocycles. The molecule has 0 atom stereocenters. The van der Waals surface area contributed by atoms with Crippen LogP contribution < -0.4 is 5.32 Å². The zero-order valence-corrected chi connectivity index (χ0v) is 15.8. The van der Waals surface area contributed by atoms with Gasteiger partial charge in [-0.3, -0.25) is 4.79 Å². The Bertz CT molecular complexity index is 706. The van der Waals surface area contributed by atoms with E-state index in [2.05, 4.69) is 5.32 Å². The molecule has 0 unspecified atom stereocenters. The summed E-state index contributed by atoms with van der Waals surface area (Å²) in [6.45, 7) is 3.96. The summed E-state index contributed by atoms with van der Waals surface area (Å²) < 4.78 is 37.7. The van der Waals surface area contributed by atoms with Crippen molar-refractivity contribution in [2.45, 2.75) is 49.8 Å². The van der Waals surface area contributed by atoms with Crippen molar-refractivity contribution in [3.8, 4) is 0 Å². The highest BCUT2D eigenvalue weighted by Gasteiger charge is 2.30. The number of sulfonamides is 1. The van der Waals surface area contributed by atoms with Gasteiger partial charge in [0.05, 0.1) is 24.5 Å². The topological polar surface area (TPSA) is 84.9 Å². The molecule has 3 rings (SSSR count). The van der Waals surface area contributed by atoms with E-state index in [1.807, 2.05) is 6.92 Å². The number of nitrogens with zero attached hydrogens (tertiary/aromatic N) is 1. The molecule has 1 aromatic carbocycles. The minimum Gasteiger partial charge on any atom is -0.353 e. The first-order chi connectivity index (χ1) is 12.4. The lowest BCUT2D eigenvalue weighted by Gasteiger charge is -2.32. The molecule has 1 amide bonds. The summed E-state index contributed by atoms with van der Waals surface area (Å²) in [6, 6.07) is 6.87. The van der Waals surface area contributed by atoms with Gasteiger partial charge < -0.3 is 14.8 Å². The fourth-order valence-corrected chi connectivity index (χ4v) is 4.66. The molecule has 2 fully saturated rings. The van der Waals surface area contributed by atoms with Crippen LogP contribution in [0.25, 0.3) is 0 Å². The fourth-order valence-electron chi connectivity index (χ4n) is 3.19. The van der Waals surface area contributed by atoms with Gasteiger partial charge in [0.15, 0.2) is 6.29 Å². The number of hydrogen-bond acceptors (Lipinski definition) is 5. The maximum atomic E-state index is 12.7. The molecule has 2 aliphatic heterocycles. The van der Waals surface area contributed by atoms with Gasteiger partial charge in [0, 0.05) is 19.1 Å². The van der Waals surface area contributed by atoms with Crippen LogP contribution in [0.3, 0.4) is 0 Å². The van der Waals surface area contributed by atoms with E-state index in [1.54, 1.807) is 24.3 Å². The summed E-state index contributed by atoms with van der Waals surface area (Å²) in [6.07, 6.45) is 1.77. The van der Waals surface area contributed by atoms with Gasteiger partial charge in [-0.2, -0.15) is 4.31 Å². The van der Waals surface area contributed by atoms with Crippen LogP contribution in [0.15, 0.2) is 29.2 Å². The Kier molecular flexibility index (Phi) is 6.29. The Morgan fingerprint density at radius 1 is 1.15 bits per heavy atom. The minimum atomic E-state index is -3.47. The van der Waals surface area contributed by atoms with Gasteiger partial charge in [0.25, 0.3) is 0 Å². The summed E-state index contributed by atoms with van der Waals surface area (Å²) in [7, 11) is -3.47. The van der Waals surface area contributed by atoms with Gasteiger partial charge >= 0.3 is 0 Å². The van der Waals surface area contributed by atoms with Crippen LogP contribution in [0.5, 0.6) is 0 Å². The van der Waals surface area contributed by atoms with E-state index < -0.39 is 16.3 Å². The first kappa shape index (κ1) is 19.3. The number of ether oxygens (including phenoxy) is 2. The standard InChI is InChI=1S/C18H26N2O5S/c1-14-3-5-16(6-4-14)26(22,23)20-9-7-15(8-10-20)19-17(21)13-18-24-11-2-12-25-18/h3-6,15,18H,2,7-13H2,1H3,(H,19,21). The van der Waals surface area contributed by atoms with E-state index >= 15 is 0 Å². The van der Waals surface area contributed by atoms with E-state index in [0.717, 1.165) is 12.0 Å². The number of benzene rings is 1. The summed E-state index contributed by atoms with van der Waals surface area (Å²) in [4.78, 5) is 12.4. The van der Waals surface area contributed by atoms with Crippen LogP contribution in [-0.2, 0) is 24.3 Å².